The first-order valence-electron chi connectivity index (χ1n) is 42.7. The molecule has 0 amide bonds. The zero-order valence-electron chi connectivity index (χ0n) is 77.2. The Hall–Kier alpha value is -10.1. The highest BCUT2D eigenvalue weighted by Crippen LogP contribution is 2.41. The third-order valence-electron chi connectivity index (χ3n) is 16.9. The van der Waals surface area contributed by atoms with Crippen LogP contribution in [0, 0.1) is 20.0 Å². The van der Waals surface area contributed by atoms with Crippen LogP contribution >= 0.6 is 0 Å². The summed E-state index contributed by atoms with van der Waals surface area (Å²) in [6, 6.07) is 23.4. The number of aryl methyl sites for hydroxylation is 2. The Labute approximate surface area is 578 Å². The van der Waals surface area contributed by atoms with E-state index in [4.69, 9.17) is 22.1 Å². The standard InChI is InChI=1S/C86H78N4OSi/c1-58-27-23-28-59(2)82(58)61-43-46-78-80(52-61)88(66-30-25-31-67(55-66)91-68-44-45-76-75-39-21-22-42-77(75)90(79(76)56-68)81-54-63(47-48-87-81)84(3,4)5)57-89(78)83-73(40-26-41-74(83)62-49-64(85(6,7)8)53-65(50-62)86(9,10)11)60-29-24-38-72(51-60)92(69-32-15-12-16-33-69,70-34-17-13-18-35-70)71-36-19-14-20-37-71/h12-56H,1-11H3/i1D3,2D3,12D,13D,14D,15D,16D,17D,18D,19D,20D,24D,29D,32D,33D,34D,35D,36D,37D,38D,51D. The molecule has 3 aromatic heterocycles. The van der Waals surface area contributed by atoms with E-state index < -0.39 is 174 Å². The van der Waals surface area contributed by atoms with Crippen molar-refractivity contribution in [2.45, 2.75) is 92.3 Å². The van der Waals surface area contributed by atoms with Gasteiger partial charge in [-0.3, -0.25) is 13.7 Å². The lowest BCUT2D eigenvalue weighted by molar-refractivity contribution is -0.571. The monoisotopic (exact) mass is 1240 g/mol. The lowest BCUT2D eigenvalue weighted by Gasteiger charge is -2.34. The summed E-state index contributed by atoms with van der Waals surface area (Å²) in [5.41, 5.74) is 3.44. The van der Waals surface area contributed by atoms with Gasteiger partial charge in [0.1, 0.15) is 17.3 Å². The predicted molar refractivity (Wildman–Crippen MR) is 388 cm³/mol. The van der Waals surface area contributed by atoms with E-state index in [0.29, 0.717) is 34.1 Å². The summed E-state index contributed by atoms with van der Waals surface area (Å²) < 4.78 is 249. The quantitative estimate of drug-likeness (QED) is 0.0529. The van der Waals surface area contributed by atoms with Crippen molar-refractivity contribution >= 4 is 61.7 Å². The Balaban J connectivity index is 1.14. The molecule has 3 heterocycles. The number of nitrogens with zero attached hydrogens (tertiary/aromatic N) is 4. The van der Waals surface area contributed by atoms with E-state index in [-0.39, 0.29) is 50.0 Å². The Morgan fingerprint density at radius 2 is 1.05 bits per heavy atom. The number of pyridine rings is 1. The third-order valence-corrected chi connectivity index (χ3v) is 20.9. The Morgan fingerprint density at radius 3 is 1.70 bits per heavy atom. The van der Waals surface area contributed by atoms with Crippen molar-refractivity contribution < 1.29 is 43.6 Å². The second-order valence-corrected chi connectivity index (χ2v) is 29.5. The van der Waals surface area contributed by atoms with Crippen molar-refractivity contribution in [3.8, 4) is 62.1 Å². The van der Waals surface area contributed by atoms with Gasteiger partial charge in [-0.1, -0.05) is 268 Å². The number of rotatable bonds is 12. The summed E-state index contributed by atoms with van der Waals surface area (Å²) in [5, 5.41) is -2.14. The summed E-state index contributed by atoms with van der Waals surface area (Å²) in [7, 11) is -6.39. The molecule has 0 saturated carbocycles. The molecule has 0 unspecified atom stereocenters. The molecule has 0 bridgehead atoms. The minimum Gasteiger partial charge on any atom is -0.458 e. The van der Waals surface area contributed by atoms with Crippen LogP contribution in [0.15, 0.2) is 273 Å². The normalized spacial score (nSPS) is 16.4. The van der Waals surface area contributed by atoms with Gasteiger partial charge in [-0.2, -0.15) is 0 Å². The van der Waals surface area contributed by atoms with E-state index in [1.807, 2.05) is 102 Å². The average Bonchev–Trinajstić information content (AvgIpc) is 1.40. The fourth-order valence-corrected chi connectivity index (χ4v) is 15.7. The van der Waals surface area contributed by atoms with Gasteiger partial charge in [0, 0.05) is 31.3 Å². The molecule has 6 heteroatoms. The summed E-state index contributed by atoms with van der Waals surface area (Å²) in [5.74, 6) is 1.39. The van der Waals surface area contributed by atoms with Crippen LogP contribution in [0.3, 0.4) is 0 Å². The number of hydrogen-bond donors (Lipinski definition) is 0. The number of benzene rings is 11. The summed E-state index contributed by atoms with van der Waals surface area (Å²) >= 11 is 0. The molecule has 92 heavy (non-hydrogen) atoms. The molecule has 0 saturated heterocycles. The van der Waals surface area contributed by atoms with Crippen molar-refractivity contribution in [1.82, 2.24) is 14.1 Å². The van der Waals surface area contributed by atoms with E-state index >= 15 is 0 Å². The maximum atomic E-state index is 11.2. The molecule has 14 aromatic rings. The van der Waals surface area contributed by atoms with Gasteiger partial charge >= 0.3 is 0 Å². The van der Waals surface area contributed by atoms with Gasteiger partial charge in [0.2, 0.25) is 0 Å². The first-order chi connectivity index (χ1) is 54.6. The maximum Gasteiger partial charge on any atom is 0.269 e. The van der Waals surface area contributed by atoms with Gasteiger partial charge in [-0.15, -0.1) is 0 Å². The molecule has 5 nitrogen and oxygen atoms in total. The number of fused-ring (bicyclic) bond motifs is 4. The lowest BCUT2D eigenvalue weighted by atomic mass is 9.78. The van der Waals surface area contributed by atoms with Gasteiger partial charge in [0.15, 0.2) is 8.07 Å². The number of para-hydroxylation sites is 2. The Morgan fingerprint density at radius 1 is 0.467 bits per heavy atom. The van der Waals surface area contributed by atoms with Crippen LogP contribution in [-0.2, 0) is 16.2 Å². The molecule has 0 aliphatic carbocycles. The molecular formula is C86H78N4OSi. The topological polar surface area (TPSA) is 35.9 Å². The van der Waals surface area contributed by atoms with E-state index in [9.17, 15) is 21.9 Å². The first kappa shape index (κ1) is 37.3. The molecule has 0 fully saturated rings. The fraction of sp³-hybridized carbons (Fsp3) is 0.163. The van der Waals surface area contributed by atoms with Gasteiger partial charge in [0.05, 0.1) is 59.5 Å². The molecular weight excluding hydrogens is 1130 g/mol. The second kappa shape index (κ2) is 23.3. The van der Waals surface area contributed by atoms with Crippen LogP contribution in [0.4, 0.5) is 0 Å². The second-order valence-electron chi connectivity index (χ2n) is 26.0. The van der Waals surface area contributed by atoms with E-state index in [2.05, 4.69) is 43.8 Å². The van der Waals surface area contributed by atoms with Crippen molar-refractivity contribution in [1.29, 1.82) is 0 Å². The highest BCUT2D eigenvalue weighted by Gasteiger charge is 2.41. The molecule has 14 rings (SSSR count). The SMILES string of the molecule is [2H]c1c([2H])c([2H])c([Si](c2c([2H])c([2H])c([2H])c([2H])c2[2H])(c2c([2H])c([2H])c([2H])c([2H])c2[2H])c2c([2H])c([2H])c([2H])c(-c3cccc(-c4cc(C(C)(C)C)cc(C(C)(C)C)c4)c3-[n+]3[c-]n(-c4cccc(Oc5ccc6c7ccccc7n(-c7cc(C(C)(C)C)ccn7)c6c5)c4)c4cc(-c5c(C([2H])([2H])[2H])cccc5C([2H])([2H])[2H])ccc43)c2[2H])c([2H])c1[2H]. The molecule has 0 atom stereocenters. The van der Waals surface area contributed by atoms with E-state index in [1.165, 1.54) is 24.3 Å². The molecule has 0 N–H and O–H groups in total. The minimum absolute atomic E-state index is 0.0374. The summed E-state index contributed by atoms with van der Waals surface area (Å²) in [6.07, 6.45) is 5.37. The van der Waals surface area contributed by atoms with Crippen LogP contribution in [0.2, 0.25) is 0 Å². The highest BCUT2D eigenvalue weighted by atomic mass is 28.3. The van der Waals surface area contributed by atoms with Gasteiger partial charge in [-0.05, 0) is 166 Å². The van der Waals surface area contributed by atoms with E-state index in [1.54, 1.807) is 69.9 Å². The zero-order valence-corrected chi connectivity index (χ0v) is 53.2. The van der Waals surface area contributed by atoms with Crippen molar-refractivity contribution in [2.75, 3.05) is 0 Å². The number of ether oxygens (including phenoxy) is 1. The zero-order chi connectivity index (χ0) is 85.2. The molecule has 0 aliphatic rings. The summed E-state index contributed by atoms with van der Waals surface area (Å²) in [4.78, 5) is 4.88. The Kier molecular flexibility index (Phi) is 9.42. The first-order valence-corrected chi connectivity index (χ1v) is 32.2. The Bertz CT molecular complexity index is 6220. The van der Waals surface area contributed by atoms with Gasteiger partial charge < -0.3 is 4.74 Å². The molecule has 0 aliphatic heterocycles. The predicted octanol–water partition coefficient (Wildman–Crippen LogP) is 18.9. The lowest BCUT2D eigenvalue weighted by Crippen LogP contribution is -2.74. The number of imidazole rings is 1. The minimum atomic E-state index is -6.39. The van der Waals surface area contributed by atoms with Crippen LogP contribution in [0.5, 0.6) is 11.5 Å². The third kappa shape index (κ3) is 10.8. The maximum absolute atomic E-state index is 11.2. The highest BCUT2D eigenvalue weighted by molar-refractivity contribution is 7.19. The molecule has 0 spiro atoms. The van der Waals surface area contributed by atoms with Crippen LogP contribution in [0.25, 0.3) is 83.4 Å². The number of aromatic nitrogens is 4. The van der Waals surface area contributed by atoms with Crippen molar-refractivity contribution in [3.05, 3.63) is 307 Å². The van der Waals surface area contributed by atoms with Crippen LogP contribution < -0.4 is 30.1 Å². The van der Waals surface area contributed by atoms with Gasteiger partial charge in [0.25, 0.3) is 6.33 Å². The number of hydrogen-bond acceptors (Lipinski definition) is 2. The molecule has 452 valence electrons. The van der Waals surface area contributed by atoms with Crippen LogP contribution in [-0.4, -0.2) is 22.2 Å². The summed E-state index contributed by atoms with van der Waals surface area (Å²) in [6.45, 7) is 12.8. The van der Waals surface area contributed by atoms with Crippen LogP contribution in [0.1, 0.15) is 124 Å². The van der Waals surface area contributed by atoms with E-state index in [0.717, 1.165) is 38.5 Å². The average molecular weight is 1240 g/mol. The van der Waals surface area contributed by atoms with Gasteiger partial charge in [-0.25, -0.2) is 4.98 Å². The van der Waals surface area contributed by atoms with Crippen molar-refractivity contribution in [2.24, 2.45) is 0 Å². The molecule has 0 radical (unpaired) electrons. The largest absolute Gasteiger partial charge is 0.458 e. The fourth-order valence-electron chi connectivity index (χ4n) is 12.2. The smallest absolute Gasteiger partial charge is 0.269 e. The molecule has 11 aromatic carbocycles. The van der Waals surface area contributed by atoms with Crippen molar-refractivity contribution in [3.63, 3.8) is 0 Å².